The van der Waals surface area contributed by atoms with Crippen molar-refractivity contribution in [1.82, 2.24) is 5.32 Å². The molecule has 0 aliphatic carbocycles. The SMILES string of the molecule is CNC.N#Cc1ccccc1C#N.c1ccccc1. The van der Waals surface area contributed by atoms with Crippen LogP contribution in [-0.2, 0) is 0 Å². The first-order valence-electron chi connectivity index (χ1n) is 5.77. The Balaban J connectivity index is 0.000000306. The highest BCUT2D eigenvalue weighted by Crippen LogP contribution is 2.03. The van der Waals surface area contributed by atoms with E-state index in [-0.39, 0.29) is 0 Å². The Morgan fingerprint density at radius 2 is 0.947 bits per heavy atom. The highest BCUT2D eigenvalue weighted by atomic mass is 14.7. The van der Waals surface area contributed by atoms with Gasteiger partial charge in [-0.3, -0.25) is 0 Å². The Kier molecular flexibility index (Phi) is 10.2. The molecule has 3 heteroatoms. The number of nitrogens with one attached hydrogen (secondary N) is 1. The van der Waals surface area contributed by atoms with Gasteiger partial charge in [-0.05, 0) is 26.2 Å². The Morgan fingerprint density at radius 1 is 0.684 bits per heavy atom. The Bertz CT molecular complexity index is 462. The van der Waals surface area contributed by atoms with Crippen LogP contribution in [-0.4, -0.2) is 14.1 Å². The quantitative estimate of drug-likeness (QED) is 0.783. The molecule has 96 valence electrons. The summed E-state index contributed by atoms with van der Waals surface area (Å²) in [4.78, 5) is 0. The highest BCUT2D eigenvalue weighted by molar-refractivity contribution is 5.44. The van der Waals surface area contributed by atoms with Crippen molar-refractivity contribution in [3.05, 3.63) is 71.8 Å². The van der Waals surface area contributed by atoms with Gasteiger partial charge in [0.05, 0.1) is 11.1 Å². The molecule has 0 amide bonds. The number of hydrogen-bond donors (Lipinski definition) is 1. The Labute approximate surface area is 114 Å². The second-order valence-corrected chi connectivity index (χ2v) is 3.42. The largest absolute Gasteiger partial charge is 0.323 e. The molecule has 0 radical (unpaired) electrons. The maximum Gasteiger partial charge on any atom is 0.101 e. The molecular formula is C16H17N3. The molecule has 0 unspecified atom stereocenters. The van der Waals surface area contributed by atoms with Gasteiger partial charge < -0.3 is 5.32 Å². The maximum atomic E-state index is 8.45. The predicted molar refractivity (Wildman–Crippen MR) is 77.3 cm³/mol. The molecule has 0 fully saturated rings. The van der Waals surface area contributed by atoms with Gasteiger partial charge in [-0.1, -0.05) is 48.5 Å². The molecule has 0 saturated heterocycles. The van der Waals surface area contributed by atoms with Crippen LogP contribution in [0.25, 0.3) is 0 Å². The zero-order valence-corrected chi connectivity index (χ0v) is 11.2. The minimum Gasteiger partial charge on any atom is -0.323 e. The van der Waals surface area contributed by atoms with E-state index in [9.17, 15) is 0 Å². The summed E-state index contributed by atoms with van der Waals surface area (Å²) in [5, 5.41) is 19.6. The topological polar surface area (TPSA) is 59.6 Å². The van der Waals surface area contributed by atoms with Crippen LogP contribution in [0.15, 0.2) is 60.7 Å². The average molecular weight is 251 g/mol. The molecule has 1 N–H and O–H groups in total. The molecule has 0 aromatic heterocycles. The molecule has 2 aromatic carbocycles. The lowest BCUT2D eigenvalue weighted by Gasteiger charge is -1.88. The summed E-state index contributed by atoms with van der Waals surface area (Å²) in [6.45, 7) is 0. The zero-order chi connectivity index (χ0) is 14.3. The van der Waals surface area contributed by atoms with Crippen molar-refractivity contribution in [1.29, 1.82) is 10.5 Å². The smallest absolute Gasteiger partial charge is 0.101 e. The first kappa shape index (κ1) is 16.4. The van der Waals surface area contributed by atoms with Gasteiger partial charge in [-0.15, -0.1) is 0 Å². The minimum absolute atomic E-state index is 0.435. The molecule has 0 heterocycles. The zero-order valence-electron chi connectivity index (χ0n) is 11.2. The first-order valence-corrected chi connectivity index (χ1v) is 5.77. The fourth-order valence-electron chi connectivity index (χ4n) is 1.06. The van der Waals surface area contributed by atoms with Gasteiger partial charge in [0.25, 0.3) is 0 Å². The van der Waals surface area contributed by atoms with Gasteiger partial charge in [-0.2, -0.15) is 10.5 Å². The van der Waals surface area contributed by atoms with Gasteiger partial charge in [0.1, 0.15) is 12.1 Å². The van der Waals surface area contributed by atoms with Crippen molar-refractivity contribution in [2.45, 2.75) is 0 Å². The van der Waals surface area contributed by atoms with Crippen LogP contribution in [0.4, 0.5) is 0 Å². The normalized spacial score (nSPS) is 7.58. The predicted octanol–water partition coefficient (Wildman–Crippen LogP) is 2.95. The fraction of sp³-hybridized carbons (Fsp3) is 0.125. The minimum atomic E-state index is 0.435. The van der Waals surface area contributed by atoms with E-state index in [1.165, 1.54) is 0 Å². The van der Waals surface area contributed by atoms with Crippen molar-refractivity contribution in [3.8, 4) is 12.1 Å². The van der Waals surface area contributed by atoms with Crippen molar-refractivity contribution >= 4 is 0 Å². The van der Waals surface area contributed by atoms with Crippen molar-refractivity contribution in [3.63, 3.8) is 0 Å². The van der Waals surface area contributed by atoms with Crippen LogP contribution in [0.1, 0.15) is 11.1 Å². The number of benzene rings is 2. The average Bonchev–Trinajstić information content (AvgIpc) is 2.50. The fourth-order valence-corrected chi connectivity index (χ4v) is 1.06. The Morgan fingerprint density at radius 3 is 1.16 bits per heavy atom. The summed E-state index contributed by atoms with van der Waals surface area (Å²) < 4.78 is 0. The highest BCUT2D eigenvalue weighted by Gasteiger charge is 1.95. The van der Waals surface area contributed by atoms with E-state index in [0.717, 1.165) is 0 Å². The summed E-state index contributed by atoms with van der Waals surface area (Å²) in [6, 6.07) is 22.6. The number of nitrogens with zero attached hydrogens (tertiary/aromatic N) is 2. The van der Waals surface area contributed by atoms with E-state index in [2.05, 4.69) is 5.32 Å². The van der Waals surface area contributed by atoms with Crippen LogP contribution in [0, 0.1) is 22.7 Å². The molecule has 0 bridgehead atoms. The molecule has 0 spiro atoms. The molecule has 2 rings (SSSR count). The number of rotatable bonds is 0. The molecule has 3 nitrogen and oxygen atoms in total. The summed E-state index contributed by atoms with van der Waals surface area (Å²) in [7, 11) is 3.75. The van der Waals surface area contributed by atoms with Crippen LogP contribution < -0.4 is 5.32 Å². The molecule has 19 heavy (non-hydrogen) atoms. The van der Waals surface area contributed by atoms with Crippen LogP contribution in [0.3, 0.4) is 0 Å². The molecule has 0 aliphatic heterocycles. The lowest BCUT2D eigenvalue weighted by atomic mass is 10.1. The van der Waals surface area contributed by atoms with Crippen molar-refractivity contribution < 1.29 is 0 Å². The van der Waals surface area contributed by atoms with Gasteiger partial charge in [0, 0.05) is 0 Å². The summed E-state index contributed by atoms with van der Waals surface area (Å²) in [6.07, 6.45) is 0. The van der Waals surface area contributed by atoms with Gasteiger partial charge >= 0.3 is 0 Å². The van der Waals surface area contributed by atoms with E-state index in [0.29, 0.717) is 11.1 Å². The third kappa shape index (κ3) is 8.15. The van der Waals surface area contributed by atoms with Crippen molar-refractivity contribution in [2.75, 3.05) is 14.1 Å². The summed E-state index contributed by atoms with van der Waals surface area (Å²) >= 11 is 0. The summed E-state index contributed by atoms with van der Waals surface area (Å²) in [5.74, 6) is 0. The third-order valence-corrected chi connectivity index (χ3v) is 1.83. The third-order valence-electron chi connectivity index (χ3n) is 1.83. The summed E-state index contributed by atoms with van der Waals surface area (Å²) in [5.41, 5.74) is 0.870. The van der Waals surface area contributed by atoms with Crippen LogP contribution in [0.2, 0.25) is 0 Å². The standard InChI is InChI=1S/C8H4N2.C6H6.C2H7N/c9-5-7-3-1-2-4-8(7)6-10;1-2-4-6-5-3-1;1-3-2/h1-4H;1-6H;3H,1-2H3. The van der Waals surface area contributed by atoms with E-state index < -0.39 is 0 Å². The van der Waals surface area contributed by atoms with Crippen molar-refractivity contribution in [2.24, 2.45) is 0 Å². The van der Waals surface area contributed by atoms with E-state index in [1.807, 2.05) is 62.6 Å². The van der Waals surface area contributed by atoms with E-state index >= 15 is 0 Å². The van der Waals surface area contributed by atoms with Crippen LogP contribution >= 0.6 is 0 Å². The molecule has 0 atom stereocenters. The second-order valence-electron chi connectivity index (χ2n) is 3.42. The lowest BCUT2D eigenvalue weighted by Crippen LogP contribution is -1.89. The molecular weight excluding hydrogens is 234 g/mol. The van der Waals surface area contributed by atoms with Gasteiger partial charge in [-0.25, -0.2) is 0 Å². The Hall–Kier alpha value is -2.62. The molecule has 0 aliphatic rings. The van der Waals surface area contributed by atoms with Crippen LogP contribution in [0.5, 0.6) is 0 Å². The molecule has 2 aromatic rings. The molecule has 0 saturated carbocycles. The lowest BCUT2D eigenvalue weighted by molar-refractivity contribution is 1.02. The van der Waals surface area contributed by atoms with E-state index in [1.54, 1.807) is 24.3 Å². The monoisotopic (exact) mass is 251 g/mol. The number of nitriles is 2. The maximum absolute atomic E-state index is 8.45. The number of hydrogen-bond acceptors (Lipinski definition) is 3. The second kappa shape index (κ2) is 11.9. The van der Waals surface area contributed by atoms with Gasteiger partial charge in [0.2, 0.25) is 0 Å². The van der Waals surface area contributed by atoms with E-state index in [4.69, 9.17) is 10.5 Å². The van der Waals surface area contributed by atoms with Gasteiger partial charge in [0.15, 0.2) is 0 Å². The first-order chi connectivity index (χ1) is 9.29.